The van der Waals surface area contributed by atoms with Crippen LogP contribution in [0.15, 0.2) is 23.1 Å². The second-order valence-corrected chi connectivity index (χ2v) is 6.37. The number of hydrogen-bond donors (Lipinski definition) is 2. The van der Waals surface area contributed by atoms with Crippen molar-refractivity contribution in [2.75, 3.05) is 26.1 Å². The minimum absolute atomic E-state index is 0.216. The van der Waals surface area contributed by atoms with E-state index in [1.807, 2.05) is 13.0 Å². The maximum Gasteiger partial charge on any atom is 0.240 e. The molecule has 1 atom stereocenters. The molecule has 0 aliphatic rings. The highest BCUT2D eigenvalue weighted by atomic mass is 32.2. The summed E-state index contributed by atoms with van der Waals surface area (Å²) in [6.07, 6.45) is 0.860. The van der Waals surface area contributed by atoms with E-state index in [2.05, 4.69) is 10.0 Å². The molecule has 0 aromatic heterocycles. The van der Waals surface area contributed by atoms with Gasteiger partial charge in [0.2, 0.25) is 10.0 Å². The summed E-state index contributed by atoms with van der Waals surface area (Å²) in [5, 5.41) is 3.27. The van der Waals surface area contributed by atoms with Crippen LogP contribution in [-0.2, 0) is 14.8 Å². The summed E-state index contributed by atoms with van der Waals surface area (Å²) in [5.41, 5.74) is 1.52. The molecule has 1 unspecified atom stereocenters. The quantitative estimate of drug-likeness (QED) is 0.801. The molecule has 5 nitrogen and oxygen atoms in total. The van der Waals surface area contributed by atoms with Gasteiger partial charge < -0.3 is 10.1 Å². The van der Waals surface area contributed by atoms with Gasteiger partial charge in [0, 0.05) is 25.4 Å². The lowest BCUT2D eigenvalue weighted by Crippen LogP contribution is -2.21. The third-order valence-corrected chi connectivity index (χ3v) is 4.47. The SMILES string of the molecule is CNS(=O)(=O)c1cc(NC(C)CCOC)ccc1C. The fraction of sp³-hybridized carbons (Fsp3) is 0.538. The van der Waals surface area contributed by atoms with E-state index in [0.29, 0.717) is 11.5 Å². The molecule has 0 saturated heterocycles. The van der Waals surface area contributed by atoms with Crippen LogP contribution in [0.3, 0.4) is 0 Å². The molecule has 0 amide bonds. The Balaban J connectivity index is 2.91. The Kier molecular flexibility index (Phi) is 5.78. The van der Waals surface area contributed by atoms with E-state index < -0.39 is 10.0 Å². The fourth-order valence-electron chi connectivity index (χ4n) is 1.74. The first-order chi connectivity index (χ1) is 8.90. The van der Waals surface area contributed by atoms with Crippen LogP contribution < -0.4 is 10.0 Å². The number of benzene rings is 1. The average Bonchev–Trinajstić information content (AvgIpc) is 2.38. The molecular weight excluding hydrogens is 264 g/mol. The van der Waals surface area contributed by atoms with Crippen molar-refractivity contribution >= 4 is 15.7 Å². The molecular formula is C13H22N2O3S. The van der Waals surface area contributed by atoms with Crippen molar-refractivity contribution < 1.29 is 13.2 Å². The second-order valence-electron chi connectivity index (χ2n) is 4.51. The molecule has 1 aromatic carbocycles. The Morgan fingerprint density at radius 3 is 2.63 bits per heavy atom. The summed E-state index contributed by atoms with van der Waals surface area (Å²) in [5.74, 6) is 0. The second kappa shape index (κ2) is 6.88. The zero-order chi connectivity index (χ0) is 14.5. The maximum absolute atomic E-state index is 11.9. The lowest BCUT2D eigenvalue weighted by molar-refractivity contribution is 0.191. The Morgan fingerprint density at radius 2 is 2.05 bits per heavy atom. The lowest BCUT2D eigenvalue weighted by atomic mass is 10.2. The molecule has 0 aliphatic heterocycles. The number of hydrogen-bond acceptors (Lipinski definition) is 4. The standard InChI is InChI=1S/C13H22N2O3S/c1-10-5-6-12(15-11(2)7-8-18-4)9-13(10)19(16,17)14-3/h5-6,9,11,14-15H,7-8H2,1-4H3. The molecule has 0 saturated carbocycles. The average molecular weight is 286 g/mol. The summed E-state index contributed by atoms with van der Waals surface area (Å²) in [7, 11) is -0.343. The topological polar surface area (TPSA) is 67.4 Å². The predicted molar refractivity (Wildman–Crippen MR) is 77.0 cm³/mol. The highest BCUT2D eigenvalue weighted by Crippen LogP contribution is 2.20. The predicted octanol–water partition coefficient (Wildman–Crippen LogP) is 1.74. The Labute approximate surface area is 115 Å². The third kappa shape index (κ3) is 4.49. The number of rotatable bonds is 7. The van der Waals surface area contributed by atoms with E-state index in [4.69, 9.17) is 4.74 Å². The number of methoxy groups -OCH3 is 1. The summed E-state index contributed by atoms with van der Waals surface area (Å²) >= 11 is 0. The number of nitrogens with one attached hydrogen (secondary N) is 2. The van der Waals surface area contributed by atoms with E-state index in [9.17, 15) is 8.42 Å². The number of aryl methyl sites for hydroxylation is 1. The zero-order valence-electron chi connectivity index (χ0n) is 11.9. The minimum Gasteiger partial charge on any atom is -0.385 e. The smallest absolute Gasteiger partial charge is 0.240 e. The first-order valence-electron chi connectivity index (χ1n) is 6.20. The molecule has 0 spiro atoms. The van der Waals surface area contributed by atoms with Crippen molar-refractivity contribution in [1.82, 2.24) is 4.72 Å². The van der Waals surface area contributed by atoms with E-state index in [1.165, 1.54) is 7.05 Å². The van der Waals surface area contributed by atoms with Gasteiger partial charge in [0.05, 0.1) is 4.90 Å². The van der Waals surface area contributed by atoms with Gasteiger partial charge in [-0.2, -0.15) is 0 Å². The third-order valence-electron chi connectivity index (χ3n) is 2.91. The first kappa shape index (κ1) is 15.9. The lowest BCUT2D eigenvalue weighted by Gasteiger charge is -2.16. The Bertz CT molecular complexity index is 515. The largest absolute Gasteiger partial charge is 0.385 e. The highest BCUT2D eigenvalue weighted by molar-refractivity contribution is 7.89. The van der Waals surface area contributed by atoms with Gasteiger partial charge in [-0.25, -0.2) is 13.1 Å². The summed E-state index contributed by atoms with van der Waals surface area (Å²) in [4.78, 5) is 0.305. The van der Waals surface area contributed by atoms with Crippen LogP contribution in [-0.4, -0.2) is 35.2 Å². The van der Waals surface area contributed by atoms with Gasteiger partial charge in [-0.3, -0.25) is 0 Å². The first-order valence-corrected chi connectivity index (χ1v) is 7.68. The van der Waals surface area contributed by atoms with Crippen molar-refractivity contribution in [1.29, 1.82) is 0 Å². The number of ether oxygens (including phenoxy) is 1. The van der Waals surface area contributed by atoms with Crippen LogP contribution in [0.2, 0.25) is 0 Å². The van der Waals surface area contributed by atoms with Gasteiger partial charge >= 0.3 is 0 Å². The van der Waals surface area contributed by atoms with Crippen LogP contribution in [0.25, 0.3) is 0 Å². The Morgan fingerprint density at radius 1 is 1.37 bits per heavy atom. The van der Waals surface area contributed by atoms with Crippen LogP contribution in [0, 0.1) is 6.92 Å². The Hall–Kier alpha value is -1.11. The van der Waals surface area contributed by atoms with E-state index in [-0.39, 0.29) is 6.04 Å². The van der Waals surface area contributed by atoms with Crippen molar-refractivity contribution in [2.45, 2.75) is 31.2 Å². The van der Waals surface area contributed by atoms with Crippen LogP contribution in [0.4, 0.5) is 5.69 Å². The summed E-state index contributed by atoms with van der Waals surface area (Å²) in [6, 6.07) is 5.56. The molecule has 1 aromatic rings. The normalized spacial score (nSPS) is 13.3. The van der Waals surface area contributed by atoms with Gasteiger partial charge in [0.15, 0.2) is 0 Å². The molecule has 19 heavy (non-hydrogen) atoms. The van der Waals surface area contributed by atoms with Gasteiger partial charge in [-0.15, -0.1) is 0 Å². The van der Waals surface area contributed by atoms with Crippen molar-refractivity contribution in [3.8, 4) is 0 Å². The summed E-state index contributed by atoms with van der Waals surface area (Å²) in [6.45, 7) is 4.48. The van der Waals surface area contributed by atoms with E-state index in [0.717, 1.165) is 17.7 Å². The molecule has 108 valence electrons. The van der Waals surface area contributed by atoms with Crippen molar-refractivity contribution in [2.24, 2.45) is 0 Å². The fourth-order valence-corrected chi connectivity index (χ4v) is 2.73. The molecule has 6 heteroatoms. The van der Waals surface area contributed by atoms with Gasteiger partial charge in [0.1, 0.15) is 0 Å². The van der Waals surface area contributed by atoms with Crippen LogP contribution in [0.5, 0.6) is 0 Å². The summed E-state index contributed by atoms with van der Waals surface area (Å²) < 4.78 is 31.1. The minimum atomic E-state index is -3.42. The van der Waals surface area contributed by atoms with Gasteiger partial charge in [-0.1, -0.05) is 6.07 Å². The molecule has 2 N–H and O–H groups in total. The molecule has 0 fully saturated rings. The monoisotopic (exact) mass is 286 g/mol. The molecule has 0 aliphatic carbocycles. The van der Waals surface area contributed by atoms with Gasteiger partial charge in [0.25, 0.3) is 0 Å². The van der Waals surface area contributed by atoms with Crippen LogP contribution >= 0.6 is 0 Å². The maximum atomic E-state index is 11.9. The van der Waals surface area contributed by atoms with E-state index in [1.54, 1.807) is 26.2 Å². The molecule has 0 radical (unpaired) electrons. The van der Waals surface area contributed by atoms with Crippen molar-refractivity contribution in [3.05, 3.63) is 23.8 Å². The number of sulfonamides is 1. The van der Waals surface area contributed by atoms with Crippen LogP contribution in [0.1, 0.15) is 18.9 Å². The molecule has 0 bridgehead atoms. The van der Waals surface area contributed by atoms with Gasteiger partial charge in [-0.05, 0) is 45.0 Å². The molecule has 1 rings (SSSR count). The van der Waals surface area contributed by atoms with E-state index >= 15 is 0 Å². The number of anilines is 1. The molecule has 0 heterocycles. The van der Waals surface area contributed by atoms with Crippen molar-refractivity contribution in [3.63, 3.8) is 0 Å². The highest BCUT2D eigenvalue weighted by Gasteiger charge is 2.15. The zero-order valence-corrected chi connectivity index (χ0v) is 12.7.